The van der Waals surface area contributed by atoms with Crippen LogP contribution in [0.2, 0.25) is 0 Å². The Morgan fingerprint density at radius 3 is 2.65 bits per heavy atom. The van der Waals surface area contributed by atoms with E-state index in [2.05, 4.69) is 20.3 Å². The van der Waals surface area contributed by atoms with E-state index >= 15 is 0 Å². The number of aliphatic imine (C=N–C) groups is 1. The zero-order chi connectivity index (χ0) is 18.7. The number of piperidine rings is 1. The molecule has 1 atom stereocenters. The first kappa shape index (κ1) is 18.8. The van der Waals surface area contributed by atoms with Gasteiger partial charge in [-0.1, -0.05) is 26.0 Å². The van der Waals surface area contributed by atoms with Crippen molar-refractivity contribution in [1.29, 1.82) is 0 Å². The number of benzene rings is 1. The highest BCUT2D eigenvalue weighted by atomic mass is 32.2. The zero-order valence-electron chi connectivity index (χ0n) is 15.2. The highest BCUT2D eigenvalue weighted by Crippen LogP contribution is 2.23. The van der Waals surface area contributed by atoms with Crippen LogP contribution in [0.5, 0.6) is 0 Å². The number of carbonyl (C=O) groups is 1. The predicted molar refractivity (Wildman–Crippen MR) is 101 cm³/mol. The number of hydrogen-bond donors (Lipinski definition) is 3. The summed E-state index contributed by atoms with van der Waals surface area (Å²) >= 11 is 0. The summed E-state index contributed by atoms with van der Waals surface area (Å²) in [5, 5.41) is 6.35. The molecule has 0 aromatic heterocycles. The molecule has 1 saturated heterocycles. The molecule has 0 radical (unpaired) electrons. The smallest absolute Gasteiger partial charge is 0.263 e. The molecule has 0 bridgehead atoms. The third kappa shape index (κ3) is 4.24. The highest BCUT2D eigenvalue weighted by molar-refractivity contribution is 7.90. The van der Waals surface area contributed by atoms with Gasteiger partial charge < -0.3 is 10.6 Å². The molecule has 2 aliphatic heterocycles. The van der Waals surface area contributed by atoms with Gasteiger partial charge in [-0.15, -0.1) is 0 Å². The fourth-order valence-electron chi connectivity index (χ4n) is 3.31. The maximum absolute atomic E-state index is 12.8. The number of sulfonamides is 1. The van der Waals surface area contributed by atoms with E-state index in [-0.39, 0.29) is 28.6 Å². The van der Waals surface area contributed by atoms with Gasteiger partial charge in [-0.2, -0.15) is 0 Å². The van der Waals surface area contributed by atoms with Crippen molar-refractivity contribution in [3.05, 3.63) is 29.8 Å². The molecule has 7 nitrogen and oxygen atoms in total. The van der Waals surface area contributed by atoms with Crippen LogP contribution in [-0.2, 0) is 14.8 Å². The fraction of sp³-hybridized carbons (Fsp3) is 0.556. The SMILES string of the molecule is CC(C)CC(N=C1NS(=O)(=O)c2ccccc21)C(=O)NC1CCNCC1. The molecular formula is C18H26N4O3S. The van der Waals surface area contributed by atoms with Crippen LogP contribution in [0, 0.1) is 5.92 Å². The van der Waals surface area contributed by atoms with Crippen molar-refractivity contribution in [1.82, 2.24) is 15.4 Å². The van der Waals surface area contributed by atoms with E-state index in [0.29, 0.717) is 12.0 Å². The highest BCUT2D eigenvalue weighted by Gasteiger charge is 2.32. The molecule has 0 aliphatic carbocycles. The van der Waals surface area contributed by atoms with E-state index in [4.69, 9.17) is 0 Å². The molecule has 1 aromatic rings. The van der Waals surface area contributed by atoms with Gasteiger partial charge in [0.15, 0.2) is 0 Å². The lowest BCUT2D eigenvalue weighted by atomic mass is 10.0. The molecule has 8 heteroatoms. The minimum atomic E-state index is -3.60. The van der Waals surface area contributed by atoms with Gasteiger partial charge in [0.1, 0.15) is 11.9 Å². The van der Waals surface area contributed by atoms with Gasteiger partial charge in [0, 0.05) is 11.6 Å². The molecule has 1 fully saturated rings. The summed E-state index contributed by atoms with van der Waals surface area (Å²) in [6, 6.07) is 6.23. The monoisotopic (exact) mass is 378 g/mol. The van der Waals surface area contributed by atoms with Crippen molar-refractivity contribution in [3.8, 4) is 0 Å². The number of carbonyl (C=O) groups excluding carboxylic acids is 1. The Morgan fingerprint density at radius 1 is 1.27 bits per heavy atom. The van der Waals surface area contributed by atoms with Crippen molar-refractivity contribution in [3.63, 3.8) is 0 Å². The molecule has 3 N–H and O–H groups in total. The summed E-state index contributed by atoms with van der Waals surface area (Å²) in [6.07, 6.45) is 2.35. The van der Waals surface area contributed by atoms with Crippen molar-refractivity contribution >= 4 is 21.8 Å². The number of nitrogens with zero attached hydrogens (tertiary/aromatic N) is 1. The van der Waals surface area contributed by atoms with Crippen LogP contribution in [0.4, 0.5) is 0 Å². The van der Waals surface area contributed by atoms with Crippen LogP contribution >= 0.6 is 0 Å². The molecule has 2 aliphatic rings. The van der Waals surface area contributed by atoms with Crippen molar-refractivity contribution in [2.75, 3.05) is 13.1 Å². The first-order valence-corrected chi connectivity index (χ1v) is 10.6. The van der Waals surface area contributed by atoms with E-state index in [0.717, 1.165) is 25.9 Å². The Hall–Kier alpha value is -1.93. The van der Waals surface area contributed by atoms with Crippen LogP contribution in [0.15, 0.2) is 34.2 Å². The van der Waals surface area contributed by atoms with E-state index in [9.17, 15) is 13.2 Å². The molecule has 1 aromatic carbocycles. The quantitative estimate of drug-likeness (QED) is 0.712. The van der Waals surface area contributed by atoms with Crippen molar-refractivity contribution in [2.45, 2.75) is 50.1 Å². The lowest BCUT2D eigenvalue weighted by Gasteiger charge is -2.25. The summed E-state index contributed by atoms with van der Waals surface area (Å²) in [6.45, 7) is 5.83. The maximum atomic E-state index is 12.8. The number of hydrogen-bond acceptors (Lipinski definition) is 5. The number of nitrogens with one attached hydrogen (secondary N) is 3. The molecule has 1 unspecified atom stereocenters. The minimum Gasteiger partial charge on any atom is -0.351 e. The van der Waals surface area contributed by atoms with Crippen LogP contribution in [0.1, 0.15) is 38.7 Å². The second-order valence-electron chi connectivity index (χ2n) is 7.26. The van der Waals surface area contributed by atoms with Gasteiger partial charge in [0.25, 0.3) is 10.0 Å². The van der Waals surface area contributed by atoms with Gasteiger partial charge in [-0.25, -0.2) is 8.42 Å². The number of amidine groups is 1. The normalized spacial score (nSPS) is 22.0. The predicted octanol–water partition coefficient (Wildman–Crippen LogP) is 1.01. The van der Waals surface area contributed by atoms with Crippen molar-refractivity contribution in [2.24, 2.45) is 10.9 Å². The van der Waals surface area contributed by atoms with Gasteiger partial charge in [0.2, 0.25) is 5.91 Å². The largest absolute Gasteiger partial charge is 0.351 e. The Morgan fingerprint density at radius 2 is 1.96 bits per heavy atom. The average Bonchev–Trinajstić information content (AvgIpc) is 2.86. The molecule has 142 valence electrons. The first-order valence-electron chi connectivity index (χ1n) is 9.08. The number of fused-ring (bicyclic) bond motifs is 1. The average molecular weight is 378 g/mol. The summed E-state index contributed by atoms with van der Waals surface area (Å²) in [4.78, 5) is 17.5. The second kappa shape index (κ2) is 7.75. The topological polar surface area (TPSA) is 99.7 Å². The van der Waals surface area contributed by atoms with Crippen molar-refractivity contribution < 1.29 is 13.2 Å². The molecule has 3 rings (SSSR count). The molecule has 2 heterocycles. The minimum absolute atomic E-state index is 0.137. The second-order valence-corrected chi connectivity index (χ2v) is 8.91. The summed E-state index contributed by atoms with van der Waals surface area (Å²) in [7, 11) is -3.60. The zero-order valence-corrected chi connectivity index (χ0v) is 16.0. The lowest BCUT2D eigenvalue weighted by molar-refractivity contribution is -0.123. The van der Waals surface area contributed by atoms with Gasteiger partial charge in [-0.05, 0) is 50.4 Å². The Bertz CT molecular complexity index is 798. The van der Waals surface area contributed by atoms with Gasteiger partial charge in [-0.3, -0.25) is 14.5 Å². The van der Waals surface area contributed by atoms with Crippen LogP contribution in [0.25, 0.3) is 0 Å². The van der Waals surface area contributed by atoms with E-state index in [1.54, 1.807) is 24.3 Å². The molecule has 1 amide bonds. The third-order valence-corrected chi connectivity index (χ3v) is 6.03. The van der Waals surface area contributed by atoms with E-state index in [1.165, 1.54) is 0 Å². The van der Waals surface area contributed by atoms with Crippen LogP contribution < -0.4 is 15.4 Å². The summed E-state index contributed by atoms with van der Waals surface area (Å²) in [5.41, 5.74) is 0.524. The molecule has 0 spiro atoms. The molecule has 26 heavy (non-hydrogen) atoms. The van der Waals surface area contributed by atoms with E-state index < -0.39 is 16.1 Å². The van der Waals surface area contributed by atoms with Gasteiger partial charge >= 0.3 is 0 Å². The standard InChI is InChI=1S/C18H26N4O3S/c1-12(2)11-15(18(23)20-13-7-9-19-10-8-13)21-17-14-5-3-4-6-16(14)26(24,25)22-17/h3-6,12-13,15,19H,7-11H2,1-2H3,(H,20,23)(H,21,22). The summed E-state index contributed by atoms with van der Waals surface area (Å²) < 4.78 is 27.0. The molecular weight excluding hydrogens is 352 g/mol. The van der Waals surface area contributed by atoms with Crippen LogP contribution in [-0.4, -0.2) is 45.3 Å². The molecule has 0 saturated carbocycles. The first-order chi connectivity index (χ1) is 12.4. The lowest BCUT2D eigenvalue weighted by Crippen LogP contribution is -2.46. The summed E-state index contributed by atoms with van der Waals surface area (Å²) in [5.74, 6) is 0.379. The Kier molecular flexibility index (Phi) is 5.62. The Balaban J connectivity index is 1.84. The third-order valence-electron chi connectivity index (χ3n) is 4.63. The van der Waals surface area contributed by atoms with Crippen LogP contribution in [0.3, 0.4) is 0 Å². The number of rotatable bonds is 5. The number of amides is 1. The maximum Gasteiger partial charge on any atom is 0.263 e. The van der Waals surface area contributed by atoms with E-state index in [1.807, 2.05) is 13.8 Å². The van der Waals surface area contributed by atoms with Gasteiger partial charge in [0.05, 0.1) is 4.90 Å². The fourth-order valence-corrected chi connectivity index (χ4v) is 4.55. The Labute approximate surface area is 154 Å².